The Balaban J connectivity index is 1.87. The van der Waals surface area contributed by atoms with Gasteiger partial charge in [0.1, 0.15) is 5.82 Å². The summed E-state index contributed by atoms with van der Waals surface area (Å²) >= 11 is 6.16. The zero-order valence-corrected chi connectivity index (χ0v) is 14.3. The van der Waals surface area contributed by atoms with Crippen molar-refractivity contribution in [1.29, 1.82) is 0 Å². The smallest absolute Gasteiger partial charge is 0.257 e. The minimum Gasteiger partial charge on any atom is -0.307 e. The third-order valence-electron chi connectivity index (χ3n) is 4.44. The molecule has 24 heavy (non-hydrogen) atoms. The first-order valence-corrected chi connectivity index (χ1v) is 8.34. The summed E-state index contributed by atoms with van der Waals surface area (Å²) in [5.74, 6) is 0.544. The fraction of sp³-hybridized carbons (Fsp3) is 0.278. The monoisotopic (exact) mass is 340 g/mol. The van der Waals surface area contributed by atoms with Crippen LogP contribution in [0.5, 0.6) is 0 Å². The molecule has 4 rings (SSSR count). The number of rotatable bonds is 2. The molecule has 0 saturated carbocycles. The topological polar surface area (TPSA) is 59.8 Å². The van der Waals surface area contributed by atoms with Gasteiger partial charge in [-0.25, -0.2) is 0 Å². The second kappa shape index (κ2) is 5.60. The van der Waals surface area contributed by atoms with Crippen LogP contribution in [0.1, 0.15) is 33.7 Å². The predicted molar refractivity (Wildman–Crippen MR) is 94.7 cm³/mol. The molecule has 0 spiro atoms. The molecule has 2 aromatic heterocycles. The summed E-state index contributed by atoms with van der Waals surface area (Å²) in [6.45, 7) is 1.90. The fourth-order valence-electron chi connectivity index (χ4n) is 3.40. The lowest BCUT2D eigenvalue weighted by Crippen LogP contribution is -2.17. The summed E-state index contributed by atoms with van der Waals surface area (Å²) in [7, 11) is 1.81. The maximum atomic E-state index is 13.0. The van der Waals surface area contributed by atoms with Crippen molar-refractivity contribution in [3.8, 4) is 0 Å². The molecule has 0 saturated heterocycles. The Morgan fingerprint density at radius 2 is 2.12 bits per heavy atom. The first kappa shape index (κ1) is 15.1. The molecule has 0 fully saturated rings. The van der Waals surface area contributed by atoms with Crippen LogP contribution >= 0.6 is 11.6 Å². The molecule has 0 unspecified atom stereocenters. The maximum Gasteiger partial charge on any atom is 0.257 e. The molecular weight excluding hydrogens is 324 g/mol. The van der Waals surface area contributed by atoms with E-state index in [9.17, 15) is 4.79 Å². The van der Waals surface area contributed by atoms with Gasteiger partial charge in [0.2, 0.25) is 0 Å². The minimum atomic E-state index is -0.134. The highest BCUT2D eigenvalue weighted by Gasteiger charge is 2.24. The van der Waals surface area contributed by atoms with Gasteiger partial charge in [0.05, 0.1) is 16.8 Å². The summed E-state index contributed by atoms with van der Waals surface area (Å²) in [5.41, 5.74) is 4.43. The van der Waals surface area contributed by atoms with Crippen LogP contribution in [0.2, 0.25) is 5.02 Å². The molecule has 2 heterocycles. The SMILES string of the molecule is Cc1cc(NC(=O)c2c3c(nc4ccc(Cl)cc24)CCC3)n(C)n1. The quantitative estimate of drug-likeness (QED) is 0.774. The summed E-state index contributed by atoms with van der Waals surface area (Å²) in [5, 5.41) is 8.66. The number of carbonyl (C=O) groups excluding carboxylic acids is 1. The maximum absolute atomic E-state index is 13.0. The van der Waals surface area contributed by atoms with Gasteiger partial charge in [-0.05, 0) is 49.9 Å². The Labute approximate surface area is 144 Å². The van der Waals surface area contributed by atoms with Crippen LogP contribution in [0.15, 0.2) is 24.3 Å². The van der Waals surface area contributed by atoms with E-state index in [1.54, 1.807) is 4.68 Å². The van der Waals surface area contributed by atoms with Crippen LogP contribution in [0.3, 0.4) is 0 Å². The van der Waals surface area contributed by atoms with Crippen LogP contribution in [-0.4, -0.2) is 20.7 Å². The van der Waals surface area contributed by atoms with E-state index in [2.05, 4.69) is 10.4 Å². The van der Waals surface area contributed by atoms with E-state index in [-0.39, 0.29) is 5.91 Å². The Bertz CT molecular complexity index is 977. The van der Waals surface area contributed by atoms with E-state index >= 15 is 0 Å². The molecule has 0 bridgehead atoms. The summed E-state index contributed by atoms with van der Waals surface area (Å²) in [4.78, 5) is 17.7. The van der Waals surface area contributed by atoms with Gasteiger partial charge in [-0.2, -0.15) is 5.10 Å². The highest BCUT2D eigenvalue weighted by molar-refractivity contribution is 6.31. The number of aromatic nitrogens is 3. The molecule has 0 aliphatic heterocycles. The van der Waals surface area contributed by atoms with Crippen LogP contribution in [0, 0.1) is 6.92 Å². The Hall–Kier alpha value is -2.40. The number of pyridine rings is 1. The van der Waals surface area contributed by atoms with Gasteiger partial charge in [-0.1, -0.05) is 11.6 Å². The molecule has 0 atom stereocenters. The van der Waals surface area contributed by atoms with Gasteiger partial charge in [0.25, 0.3) is 5.91 Å². The standard InChI is InChI=1S/C18H17ClN4O/c1-10-8-16(23(2)22-10)21-18(24)17-12-4-3-5-14(12)20-15-7-6-11(19)9-13(15)17/h6-9H,3-5H2,1-2H3,(H,21,24). The zero-order chi connectivity index (χ0) is 16.8. The number of halogens is 1. The van der Waals surface area contributed by atoms with E-state index in [1.165, 1.54) is 0 Å². The van der Waals surface area contributed by atoms with Crippen LogP contribution in [-0.2, 0) is 19.9 Å². The van der Waals surface area contributed by atoms with E-state index in [0.717, 1.165) is 47.1 Å². The summed E-state index contributed by atoms with van der Waals surface area (Å²) in [6, 6.07) is 7.37. The van der Waals surface area contributed by atoms with Crippen LogP contribution in [0.25, 0.3) is 10.9 Å². The van der Waals surface area contributed by atoms with Crippen LogP contribution in [0.4, 0.5) is 5.82 Å². The number of carbonyl (C=O) groups is 1. The molecule has 0 radical (unpaired) electrons. The highest BCUT2D eigenvalue weighted by Crippen LogP contribution is 2.32. The van der Waals surface area contributed by atoms with Gasteiger partial charge in [0.15, 0.2) is 0 Å². The lowest BCUT2D eigenvalue weighted by molar-refractivity contribution is 0.102. The molecule has 122 valence electrons. The second-order valence-electron chi connectivity index (χ2n) is 6.18. The molecule has 1 aliphatic rings. The number of anilines is 1. The number of nitrogens with one attached hydrogen (secondary N) is 1. The molecule has 3 aromatic rings. The Morgan fingerprint density at radius 3 is 2.88 bits per heavy atom. The predicted octanol–water partition coefficient (Wildman–Crippen LogP) is 3.67. The van der Waals surface area contributed by atoms with E-state index in [1.807, 2.05) is 38.2 Å². The average molecular weight is 341 g/mol. The number of nitrogens with zero attached hydrogens (tertiary/aromatic N) is 3. The fourth-order valence-corrected chi connectivity index (χ4v) is 3.57. The number of fused-ring (bicyclic) bond motifs is 2. The van der Waals surface area contributed by atoms with Crippen molar-refractivity contribution >= 4 is 34.2 Å². The van der Waals surface area contributed by atoms with Gasteiger partial charge in [-0.15, -0.1) is 0 Å². The van der Waals surface area contributed by atoms with Crippen molar-refractivity contribution in [2.24, 2.45) is 7.05 Å². The third kappa shape index (κ3) is 2.45. The lowest BCUT2D eigenvalue weighted by Gasteiger charge is -2.13. The Kier molecular flexibility index (Phi) is 3.53. The minimum absolute atomic E-state index is 0.134. The molecule has 1 aliphatic carbocycles. The zero-order valence-electron chi connectivity index (χ0n) is 13.6. The molecule has 6 heteroatoms. The number of hydrogen-bond acceptors (Lipinski definition) is 3. The van der Waals surface area contributed by atoms with Crippen molar-refractivity contribution in [3.63, 3.8) is 0 Å². The summed E-state index contributed by atoms with van der Waals surface area (Å²) in [6.07, 6.45) is 2.81. The number of amides is 1. The van der Waals surface area contributed by atoms with E-state index < -0.39 is 0 Å². The third-order valence-corrected chi connectivity index (χ3v) is 4.68. The largest absolute Gasteiger partial charge is 0.307 e. The first-order valence-electron chi connectivity index (χ1n) is 7.96. The average Bonchev–Trinajstić information content (AvgIpc) is 3.11. The van der Waals surface area contributed by atoms with Crippen molar-refractivity contribution in [2.45, 2.75) is 26.2 Å². The van der Waals surface area contributed by atoms with Gasteiger partial charge in [0, 0.05) is 29.2 Å². The van der Waals surface area contributed by atoms with E-state index in [4.69, 9.17) is 16.6 Å². The summed E-state index contributed by atoms with van der Waals surface area (Å²) < 4.78 is 1.67. The number of hydrogen-bond donors (Lipinski definition) is 1. The second-order valence-corrected chi connectivity index (χ2v) is 6.61. The highest BCUT2D eigenvalue weighted by atomic mass is 35.5. The van der Waals surface area contributed by atoms with Gasteiger partial charge >= 0.3 is 0 Å². The van der Waals surface area contributed by atoms with Gasteiger partial charge in [-0.3, -0.25) is 14.5 Å². The normalized spacial score (nSPS) is 13.3. The van der Waals surface area contributed by atoms with Crippen LogP contribution < -0.4 is 5.32 Å². The molecule has 1 aromatic carbocycles. The first-order chi connectivity index (χ1) is 11.5. The molecular formula is C18H17ClN4O. The molecule has 1 amide bonds. The molecule has 5 nitrogen and oxygen atoms in total. The molecule has 1 N–H and O–H groups in total. The van der Waals surface area contributed by atoms with Crippen molar-refractivity contribution in [3.05, 3.63) is 51.8 Å². The number of benzene rings is 1. The van der Waals surface area contributed by atoms with Crippen molar-refractivity contribution in [2.75, 3.05) is 5.32 Å². The van der Waals surface area contributed by atoms with Gasteiger partial charge < -0.3 is 5.32 Å². The van der Waals surface area contributed by atoms with Crippen molar-refractivity contribution in [1.82, 2.24) is 14.8 Å². The Morgan fingerprint density at radius 1 is 1.29 bits per heavy atom. The lowest BCUT2D eigenvalue weighted by atomic mass is 10.0. The van der Waals surface area contributed by atoms with E-state index in [0.29, 0.717) is 16.4 Å². The van der Waals surface area contributed by atoms with Crippen molar-refractivity contribution < 1.29 is 4.79 Å². The number of aryl methyl sites for hydroxylation is 3.